The second kappa shape index (κ2) is 4.47. The molecule has 0 aromatic heterocycles. The van der Waals surface area contributed by atoms with E-state index in [1.54, 1.807) is 0 Å². The molecule has 0 bridgehead atoms. The normalized spacial score (nSPS) is 25.9. The van der Waals surface area contributed by atoms with E-state index in [9.17, 15) is 0 Å². The van der Waals surface area contributed by atoms with Crippen LogP contribution in [0.4, 0.5) is 0 Å². The zero-order valence-electron chi connectivity index (χ0n) is 4.38. The van der Waals surface area contributed by atoms with Crippen molar-refractivity contribution in [3.63, 3.8) is 0 Å². The lowest BCUT2D eigenvalue weighted by molar-refractivity contribution is 0.876. The Morgan fingerprint density at radius 1 is 1.62 bits per heavy atom. The smallest absolute Gasteiger partial charge is 0.0270 e. The van der Waals surface area contributed by atoms with Crippen LogP contribution in [0.15, 0.2) is 10.2 Å². The SMILES string of the molecule is Cl.NC1C=CI=CC1. The lowest BCUT2D eigenvalue weighted by Gasteiger charge is -2.02. The van der Waals surface area contributed by atoms with Gasteiger partial charge in [-0.2, -0.15) is 0 Å². The summed E-state index contributed by atoms with van der Waals surface area (Å²) in [6, 6.07) is 0.327. The number of hydrogen-bond acceptors (Lipinski definition) is 1. The van der Waals surface area contributed by atoms with Crippen molar-refractivity contribution in [2.24, 2.45) is 5.73 Å². The Labute approximate surface area is 65.5 Å². The summed E-state index contributed by atoms with van der Waals surface area (Å²) in [5.74, 6) is 0. The molecule has 3 heteroatoms. The van der Waals surface area contributed by atoms with Gasteiger partial charge in [-0.1, -0.05) is 26.8 Å². The molecule has 0 spiro atoms. The summed E-state index contributed by atoms with van der Waals surface area (Å²) in [4.78, 5) is 0. The molecule has 0 saturated carbocycles. The summed E-state index contributed by atoms with van der Waals surface area (Å²) in [7, 11) is 0. The van der Waals surface area contributed by atoms with Crippen molar-refractivity contribution >= 4 is 37.1 Å². The third kappa shape index (κ3) is 2.79. The minimum absolute atomic E-state index is 0. The predicted octanol–water partition coefficient (Wildman–Crippen LogP) is 1.43. The molecule has 48 valence electrons. The fourth-order valence-corrected chi connectivity index (χ4v) is 2.37. The van der Waals surface area contributed by atoms with Crippen molar-refractivity contribution < 1.29 is 0 Å². The lowest BCUT2D eigenvalue weighted by Crippen LogP contribution is -2.17. The quantitative estimate of drug-likeness (QED) is 0.642. The fourth-order valence-electron chi connectivity index (χ4n) is 0.420. The molecule has 1 aliphatic rings. The summed E-state index contributed by atoms with van der Waals surface area (Å²) < 4.78 is 4.52. The zero-order chi connectivity index (χ0) is 5.11. The first-order valence-electron chi connectivity index (χ1n) is 2.25. The average molecular weight is 245 g/mol. The highest BCUT2D eigenvalue weighted by Crippen LogP contribution is 2.06. The Morgan fingerprint density at radius 2 is 2.38 bits per heavy atom. The van der Waals surface area contributed by atoms with E-state index in [4.69, 9.17) is 5.73 Å². The molecule has 1 heterocycles. The number of nitrogens with two attached hydrogens (primary N) is 1. The van der Waals surface area contributed by atoms with Gasteiger partial charge in [0.1, 0.15) is 0 Å². The minimum atomic E-state index is 0. The fraction of sp³-hybridized carbons (Fsp3) is 0.400. The molecule has 0 aliphatic carbocycles. The van der Waals surface area contributed by atoms with Crippen LogP contribution in [-0.4, -0.2) is 10.1 Å². The molecule has 1 rings (SSSR count). The van der Waals surface area contributed by atoms with Crippen molar-refractivity contribution in [1.29, 1.82) is 0 Å². The van der Waals surface area contributed by atoms with Crippen LogP contribution in [0.5, 0.6) is 0 Å². The van der Waals surface area contributed by atoms with Crippen LogP contribution in [0.2, 0.25) is 0 Å². The molecule has 0 fully saturated rings. The Hall–Kier alpha value is 0.590. The summed E-state index contributed by atoms with van der Waals surface area (Å²) >= 11 is 0.302. The summed E-state index contributed by atoms with van der Waals surface area (Å²) in [5.41, 5.74) is 5.53. The molecule has 8 heavy (non-hydrogen) atoms. The molecule has 1 nitrogen and oxygen atoms in total. The number of hydrogen-bond donors (Lipinski definition) is 1. The molecule has 0 aromatic carbocycles. The van der Waals surface area contributed by atoms with Crippen molar-refractivity contribution in [1.82, 2.24) is 0 Å². The van der Waals surface area contributed by atoms with Crippen LogP contribution in [0, 0.1) is 0 Å². The average Bonchev–Trinajstić information content (AvgIpc) is 1.69. The highest BCUT2D eigenvalue weighted by molar-refractivity contribution is 14.2. The van der Waals surface area contributed by atoms with Crippen LogP contribution in [-0.2, 0) is 0 Å². The van der Waals surface area contributed by atoms with E-state index in [2.05, 4.69) is 14.2 Å². The van der Waals surface area contributed by atoms with Gasteiger partial charge < -0.3 is 5.73 Å². The molecule has 1 unspecified atom stereocenters. The molecule has 0 saturated heterocycles. The monoisotopic (exact) mass is 245 g/mol. The van der Waals surface area contributed by atoms with Crippen molar-refractivity contribution in [3.05, 3.63) is 10.2 Å². The van der Waals surface area contributed by atoms with E-state index in [0.29, 0.717) is 26.8 Å². The van der Waals surface area contributed by atoms with Gasteiger partial charge in [-0.25, -0.2) is 0 Å². The summed E-state index contributed by atoms with van der Waals surface area (Å²) in [5, 5.41) is 0. The van der Waals surface area contributed by atoms with Crippen molar-refractivity contribution in [3.8, 4) is 0 Å². The Morgan fingerprint density at radius 3 is 2.62 bits per heavy atom. The zero-order valence-corrected chi connectivity index (χ0v) is 7.35. The van der Waals surface area contributed by atoms with Crippen LogP contribution >= 0.6 is 33.1 Å². The first-order chi connectivity index (χ1) is 3.39. The van der Waals surface area contributed by atoms with Gasteiger partial charge in [-0.05, 0) is 14.5 Å². The van der Waals surface area contributed by atoms with Crippen LogP contribution < -0.4 is 5.73 Å². The Balaban J connectivity index is 0.000000490. The first kappa shape index (κ1) is 8.59. The second-order valence-electron chi connectivity index (χ2n) is 1.50. The van der Waals surface area contributed by atoms with E-state index >= 15 is 0 Å². The molecule has 0 radical (unpaired) electrons. The van der Waals surface area contributed by atoms with E-state index in [0.717, 1.165) is 6.42 Å². The van der Waals surface area contributed by atoms with Gasteiger partial charge in [0.15, 0.2) is 0 Å². The summed E-state index contributed by atoms with van der Waals surface area (Å²) in [6.45, 7) is 0. The number of halogens is 2. The molecule has 2 N–H and O–H groups in total. The molecular formula is C5H9ClIN. The Kier molecular flexibility index (Phi) is 4.80. The first-order valence-corrected chi connectivity index (χ1v) is 4.74. The molecular weight excluding hydrogens is 236 g/mol. The minimum Gasteiger partial charge on any atom is -0.324 e. The highest BCUT2D eigenvalue weighted by atomic mass is 127. The maximum Gasteiger partial charge on any atom is 0.0270 e. The molecule has 1 aliphatic heterocycles. The third-order valence-corrected chi connectivity index (χ3v) is 2.69. The molecule has 0 aromatic rings. The van der Waals surface area contributed by atoms with Crippen LogP contribution in [0.3, 0.4) is 0 Å². The predicted molar refractivity (Wildman–Crippen MR) is 49.1 cm³/mol. The van der Waals surface area contributed by atoms with E-state index < -0.39 is 0 Å². The van der Waals surface area contributed by atoms with Gasteiger partial charge in [0, 0.05) is 6.04 Å². The maximum atomic E-state index is 5.53. The van der Waals surface area contributed by atoms with Gasteiger partial charge in [0.05, 0.1) is 0 Å². The largest absolute Gasteiger partial charge is 0.324 e. The van der Waals surface area contributed by atoms with Crippen molar-refractivity contribution in [2.45, 2.75) is 12.5 Å². The van der Waals surface area contributed by atoms with Gasteiger partial charge in [-0.15, -0.1) is 12.4 Å². The molecule has 1 atom stereocenters. The van der Waals surface area contributed by atoms with E-state index in [1.807, 2.05) is 0 Å². The topological polar surface area (TPSA) is 26.0 Å². The van der Waals surface area contributed by atoms with Gasteiger partial charge in [0.2, 0.25) is 0 Å². The standard InChI is InChI=1S/C5H8IN.ClH/c7-5-1-3-6-4-2-5;/h1,3-5H,2,7H2;1H. The Bertz CT molecular complexity index is 111. The van der Waals surface area contributed by atoms with Crippen LogP contribution in [0.25, 0.3) is 0 Å². The second-order valence-corrected chi connectivity index (χ2v) is 3.82. The number of rotatable bonds is 0. The third-order valence-electron chi connectivity index (χ3n) is 0.843. The van der Waals surface area contributed by atoms with Gasteiger partial charge >= 0.3 is 0 Å². The van der Waals surface area contributed by atoms with E-state index in [1.165, 1.54) is 0 Å². The summed E-state index contributed by atoms with van der Waals surface area (Å²) in [6.07, 6.45) is 3.21. The van der Waals surface area contributed by atoms with Gasteiger partial charge in [0.25, 0.3) is 0 Å². The van der Waals surface area contributed by atoms with Crippen molar-refractivity contribution in [2.75, 3.05) is 0 Å². The van der Waals surface area contributed by atoms with Gasteiger partial charge in [-0.3, -0.25) is 0 Å². The van der Waals surface area contributed by atoms with E-state index in [-0.39, 0.29) is 12.4 Å². The highest BCUT2D eigenvalue weighted by Gasteiger charge is 1.93. The van der Waals surface area contributed by atoms with Crippen LogP contribution in [0.1, 0.15) is 6.42 Å². The molecule has 0 amide bonds. The lowest BCUT2D eigenvalue weighted by atomic mass is 10.2. The maximum absolute atomic E-state index is 5.53.